The fraction of sp³-hybridized carbons (Fsp3) is 0.500. The summed E-state index contributed by atoms with van der Waals surface area (Å²) >= 11 is 3.35. The Morgan fingerprint density at radius 3 is 2.94 bits per heavy atom. The molecular formula is C12H14BrF2N. The van der Waals surface area contributed by atoms with Crippen LogP contribution in [0.5, 0.6) is 0 Å². The second-order valence-corrected chi connectivity index (χ2v) is 5.16. The molecule has 1 aromatic carbocycles. The third kappa shape index (κ3) is 2.80. The van der Waals surface area contributed by atoms with Gasteiger partial charge in [-0.25, -0.2) is 8.78 Å². The lowest BCUT2D eigenvalue weighted by molar-refractivity contribution is -0.0776. The van der Waals surface area contributed by atoms with E-state index in [1.165, 1.54) is 0 Å². The number of hydrogen-bond acceptors (Lipinski definition) is 1. The van der Waals surface area contributed by atoms with Gasteiger partial charge in [0.15, 0.2) is 0 Å². The van der Waals surface area contributed by atoms with Crippen LogP contribution in [0, 0.1) is 5.92 Å². The number of benzene rings is 1. The summed E-state index contributed by atoms with van der Waals surface area (Å²) in [5.41, 5.74) is 0.961. The third-order valence-electron chi connectivity index (χ3n) is 2.99. The number of piperidine rings is 1. The highest BCUT2D eigenvalue weighted by Gasteiger charge is 2.41. The maximum atomic E-state index is 13.6. The van der Waals surface area contributed by atoms with Crippen LogP contribution < -0.4 is 5.32 Å². The fourth-order valence-corrected chi connectivity index (χ4v) is 2.50. The molecule has 1 saturated heterocycles. The topological polar surface area (TPSA) is 12.0 Å². The average molecular weight is 290 g/mol. The van der Waals surface area contributed by atoms with Crippen LogP contribution in [0.25, 0.3) is 0 Å². The molecule has 1 nitrogen and oxygen atoms in total. The Labute approximate surface area is 102 Å². The zero-order chi connectivity index (χ0) is 11.6. The van der Waals surface area contributed by atoms with Crippen LogP contribution in [0.15, 0.2) is 28.7 Å². The second-order valence-electron chi connectivity index (χ2n) is 4.25. The lowest BCUT2D eigenvalue weighted by Crippen LogP contribution is -2.45. The quantitative estimate of drug-likeness (QED) is 0.881. The highest BCUT2D eigenvalue weighted by Crippen LogP contribution is 2.33. The molecule has 1 atom stereocenters. The molecule has 1 aliphatic heterocycles. The van der Waals surface area contributed by atoms with E-state index in [-0.39, 0.29) is 6.42 Å². The molecule has 1 unspecified atom stereocenters. The number of rotatable bonds is 2. The van der Waals surface area contributed by atoms with Crippen molar-refractivity contribution in [3.8, 4) is 0 Å². The lowest BCUT2D eigenvalue weighted by atomic mass is 9.89. The highest BCUT2D eigenvalue weighted by atomic mass is 79.9. The minimum Gasteiger partial charge on any atom is -0.316 e. The molecule has 1 aromatic rings. The third-order valence-corrected chi connectivity index (χ3v) is 3.49. The Balaban J connectivity index is 2.08. The summed E-state index contributed by atoms with van der Waals surface area (Å²) in [6.07, 6.45) is 0.380. The molecule has 0 saturated carbocycles. The SMILES string of the molecule is FC1(F)CCNCC1Cc1cccc(Br)c1. The molecule has 88 valence electrons. The summed E-state index contributed by atoms with van der Waals surface area (Å²) in [6.45, 7) is 0.821. The van der Waals surface area contributed by atoms with Gasteiger partial charge >= 0.3 is 0 Å². The molecule has 2 rings (SSSR count). The Bertz CT molecular complexity index is 368. The van der Waals surface area contributed by atoms with Gasteiger partial charge < -0.3 is 5.32 Å². The van der Waals surface area contributed by atoms with Crippen molar-refractivity contribution in [1.29, 1.82) is 0 Å². The van der Waals surface area contributed by atoms with Gasteiger partial charge in [-0.2, -0.15) is 0 Å². The second kappa shape index (κ2) is 4.80. The molecule has 4 heteroatoms. The minimum atomic E-state index is -2.53. The molecule has 0 bridgehead atoms. The van der Waals surface area contributed by atoms with Crippen molar-refractivity contribution in [3.05, 3.63) is 34.3 Å². The number of alkyl halides is 2. The summed E-state index contributed by atoms with van der Waals surface area (Å²) in [4.78, 5) is 0. The molecule has 1 aliphatic rings. The van der Waals surface area contributed by atoms with Crippen LogP contribution in [0.4, 0.5) is 8.78 Å². The van der Waals surface area contributed by atoms with Crippen molar-refractivity contribution in [3.63, 3.8) is 0 Å². The van der Waals surface area contributed by atoms with Gasteiger partial charge in [0, 0.05) is 29.9 Å². The van der Waals surface area contributed by atoms with Gasteiger partial charge in [0.2, 0.25) is 0 Å². The van der Waals surface area contributed by atoms with Crippen LogP contribution in [-0.4, -0.2) is 19.0 Å². The molecule has 16 heavy (non-hydrogen) atoms. The van der Waals surface area contributed by atoms with E-state index < -0.39 is 11.8 Å². The first-order chi connectivity index (χ1) is 7.58. The Morgan fingerprint density at radius 1 is 1.44 bits per heavy atom. The normalized spacial score (nSPS) is 24.3. The number of nitrogens with one attached hydrogen (secondary N) is 1. The van der Waals surface area contributed by atoms with Crippen LogP contribution in [-0.2, 0) is 6.42 Å². The van der Waals surface area contributed by atoms with E-state index in [1.807, 2.05) is 24.3 Å². The maximum Gasteiger partial charge on any atom is 0.253 e. The molecule has 0 aromatic heterocycles. The van der Waals surface area contributed by atoms with E-state index >= 15 is 0 Å². The summed E-state index contributed by atoms with van der Waals surface area (Å²) in [7, 11) is 0. The van der Waals surface area contributed by atoms with E-state index in [4.69, 9.17) is 0 Å². The van der Waals surface area contributed by atoms with Gasteiger partial charge in [-0.3, -0.25) is 0 Å². The molecule has 0 radical (unpaired) electrons. The van der Waals surface area contributed by atoms with Crippen LogP contribution in [0.2, 0.25) is 0 Å². The predicted octanol–water partition coefficient (Wildman–Crippen LogP) is 3.24. The van der Waals surface area contributed by atoms with E-state index in [2.05, 4.69) is 21.2 Å². The number of halogens is 3. The first kappa shape index (κ1) is 12.0. The largest absolute Gasteiger partial charge is 0.316 e. The number of hydrogen-bond donors (Lipinski definition) is 1. The van der Waals surface area contributed by atoms with Crippen LogP contribution >= 0.6 is 15.9 Å². The fourth-order valence-electron chi connectivity index (χ4n) is 2.05. The van der Waals surface area contributed by atoms with Gasteiger partial charge in [0.1, 0.15) is 0 Å². The van der Waals surface area contributed by atoms with Gasteiger partial charge in [-0.15, -0.1) is 0 Å². The Morgan fingerprint density at radius 2 is 2.25 bits per heavy atom. The van der Waals surface area contributed by atoms with E-state index in [0.717, 1.165) is 10.0 Å². The Kier molecular flexibility index (Phi) is 3.60. The Hall–Kier alpha value is -0.480. The van der Waals surface area contributed by atoms with E-state index in [0.29, 0.717) is 19.5 Å². The van der Waals surface area contributed by atoms with E-state index in [9.17, 15) is 8.78 Å². The summed E-state index contributed by atoms with van der Waals surface area (Å²) in [5, 5.41) is 3.03. The van der Waals surface area contributed by atoms with Gasteiger partial charge in [-0.05, 0) is 24.1 Å². The molecule has 1 heterocycles. The van der Waals surface area contributed by atoms with Gasteiger partial charge in [0.05, 0.1) is 0 Å². The maximum absolute atomic E-state index is 13.6. The zero-order valence-electron chi connectivity index (χ0n) is 8.85. The zero-order valence-corrected chi connectivity index (χ0v) is 10.4. The molecule has 0 amide bonds. The highest BCUT2D eigenvalue weighted by molar-refractivity contribution is 9.10. The molecule has 1 fully saturated rings. The van der Waals surface area contributed by atoms with Crippen LogP contribution in [0.1, 0.15) is 12.0 Å². The van der Waals surface area contributed by atoms with Crippen molar-refractivity contribution >= 4 is 15.9 Å². The first-order valence-electron chi connectivity index (χ1n) is 5.41. The monoisotopic (exact) mass is 289 g/mol. The summed E-state index contributed by atoms with van der Waals surface area (Å²) < 4.78 is 28.1. The summed E-state index contributed by atoms with van der Waals surface area (Å²) in [6, 6.07) is 7.59. The predicted molar refractivity (Wildman–Crippen MR) is 63.8 cm³/mol. The molecule has 0 aliphatic carbocycles. The lowest BCUT2D eigenvalue weighted by Gasteiger charge is -2.32. The van der Waals surface area contributed by atoms with Gasteiger partial charge in [0.25, 0.3) is 5.92 Å². The van der Waals surface area contributed by atoms with Crippen LogP contribution in [0.3, 0.4) is 0 Å². The van der Waals surface area contributed by atoms with Crippen molar-refractivity contribution in [2.45, 2.75) is 18.8 Å². The smallest absolute Gasteiger partial charge is 0.253 e. The van der Waals surface area contributed by atoms with E-state index in [1.54, 1.807) is 0 Å². The van der Waals surface area contributed by atoms with Crippen molar-refractivity contribution in [2.24, 2.45) is 5.92 Å². The molecule has 1 N–H and O–H groups in total. The van der Waals surface area contributed by atoms with Crippen molar-refractivity contribution < 1.29 is 8.78 Å². The van der Waals surface area contributed by atoms with Gasteiger partial charge in [-0.1, -0.05) is 28.1 Å². The molecular weight excluding hydrogens is 276 g/mol. The summed E-state index contributed by atoms with van der Waals surface area (Å²) in [5.74, 6) is -3.12. The average Bonchev–Trinajstić information content (AvgIpc) is 2.21. The standard InChI is InChI=1S/C12H14BrF2N/c13-11-3-1-2-9(7-11)6-10-8-16-5-4-12(10,14)15/h1-3,7,10,16H,4-6,8H2. The van der Waals surface area contributed by atoms with Crippen molar-refractivity contribution in [1.82, 2.24) is 5.32 Å². The molecule has 0 spiro atoms. The minimum absolute atomic E-state index is 0.0499. The first-order valence-corrected chi connectivity index (χ1v) is 6.20. The van der Waals surface area contributed by atoms with Crippen molar-refractivity contribution in [2.75, 3.05) is 13.1 Å².